The summed E-state index contributed by atoms with van der Waals surface area (Å²) in [7, 11) is 0. The Morgan fingerprint density at radius 2 is 1.72 bits per heavy atom. The predicted molar refractivity (Wildman–Crippen MR) is 107 cm³/mol. The number of nitrogens with one attached hydrogen (secondary N) is 1. The maximum absolute atomic E-state index is 5.99. The van der Waals surface area contributed by atoms with E-state index in [1.165, 1.54) is 37.7 Å². The van der Waals surface area contributed by atoms with Gasteiger partial charge in [0.05, 0.1) is 0 Å². The highest BCUT2D eigenvalue weighted by Gasteiger charge is 2.34. The van der Waals surface area contributed by atoms with E-state index in [-0.39, 0.29) is 0 Å². The van der Waals surface area contributed by atoms with Gasteiger partial charge in [0.25, 0.3) is 0 Å². The molecule has 4 heteroatoms. The quantitative estimate of drug-likeness (QED) is 0.416. The van der Waals surface area contributed by atoms with E-state index in [1.54, 1.807) is 0 Å². The van der Waals surface area contributed by atoms with Gasteiger partial charge in [0.1, 0.15) is 0 Å². The SMILES string of the molecule is NC(=NCCCC1(c2ccccc2)CCCC1)Nc1ccc(Cl)cc1. The molecule has 1 aliphatic carbocycles. The first kappa shape index (κ1) is 17.8. The van der Waals surface area contributed by atoms with Crippen LogP contribution in [0.2, 0.25) is 5.02 Å². The molecule has 3 rings (SSSR count). The molecule has 0 radical (unpaired) electrons. The lowest BCUT2D eigenvalue weighted by Crippen LogP contribution is -2.24. The van der Waals surface area contributed by atoms with E-state index >= 15 is 0 Å². The number of benzene rings is 2. The second kappa shape index (κ2) is 8.39. The van der Waals surface area contributed by atoms with Crippen LogP contribution in [0.1, 0.15) is 44.1 Å². The molecule has 1 aliphatic rings. The van der Waals surface area contributed by atoms with Gasteiger partial charge in [0, 0.05) is 17.3 Å². The third-order valence-corrected chi connectivity index (χ3v) is 5.41. The van der Waals surface area contributed by atoms with E-state index < -0.39 is 0 Å². The fourth-order valence-corrected chi connectivity index (χ4v) is 3.99. The lowest BCUT2D eigenvalue weighted by molar-refractivity contribution is 0.396. The van der Waals surface area contributed by atoms with Crippen molar-refractivity contribution in [3.63, 3.8) is 0 Å². The van der Waals surface area contributed by atoms with Gasteiger partial charge in [-0.05, 0) is 60.9 Å². The number of halogens is 1. The second-order valence-electron chi connectivity index (χ2n) is 6.86. The fraction of sp³-hybridized carbons (Fsp3) is 0.381. The van der Waals surface area contributed by atoms with Gasteiger partial charge in [-0.1, -0.05) is 54.8 Å². The number of hydrogen-bond acceptors (Lipinski definition) is 1. The van der Waals surface area contributed by atoms with Crippen LogP contribution in [0.25, 0.3) is 0 Å². The Morgan fingerprint density at radius 3 is 2.40 bits per heavy atom. The topological polar surface area (TPSA) is 50.4 Å². The Labute approximate surface area is 155 Å². The lowest BCUT2D eigenvalue weighted by Gasteiger charge is -2.29. The molecule has 1 saturated carbocycles. The number of aliphatic imine (C=N–C) groups is 1. The first-order valence-corrected chi connectivity index (χ1v) is 9.44. The van der Waals surface area contributed by atoms with Crippen molar-refractivity contribution < 1.29 is 0 Å². The Balaban J connectivity index is 1.53. The Kier molecular flexibility index (Phi) is 5.98. The molecule has 0 saturated heterocycles. The molecule has 2 aromatic rings. The molecule has 3 nitrogen and oxygen atoms in total. The molecule has 0 amide bonds. The Bertz CT molecular complexity index is 689. The predicted octanol–water partition coefficient (Wildman–Crippen LogP) is 5.36. The summed E-state index contributed by atoms with van der Waals surface area (Å²) in [6.07, 6.45) is 7.47. The summed E-state index contributed by atoms with van der Waals surface area (Å²) in [6, 6.07) is 18.4. The van der Waals surface area contributed by atoms with Crippen molar-refractivity contribution in [2.75, 3.05) is 11.9 Å². The van der Waals surface area contributed by atoms with Crippen molar-refractivity contribution in [2.24, 2.45) is 10.7 Å². The molecule has 1 fully saturated rings. The number of anilines is 1. The van der Waals surface area contributed by atoms with E-state index in [9.17, 15) is 0 Å². The zero-order chi connectivity index (χ0) is 17.5. The van der Waals surface area contributed by atoms with Crippen molar-refractivity contribution in [2.45, 2.75) is 43.9 Å². The molecule has 0 heterocycles. The number of nitrogens with zero attached hydrogens (tertiary/aromatic N) is 1. The van der Waals surface area contributed by atoms with Crippen molar-refractivity contribution in [1.29, 1.82) is 0 Å². The second-order valence-corrected chi connectivity index (χ2v) is 7.29. The van der Waals surface area contributed by atoms with Crippen LogP contribution in [-0.4, -0.2) is 12.5 Å². The minimum absolute atomic E-state index is 0.342. The van der Waals surface area contributed by atoms with E-state index in [1.807, 2.05) is 24.3 Å². The first-order chi connectivity index (χ1) is 12.2. The zero-order valence-corrected chi connectivity index (χ0v) is 15.3. The number of hydrogen-bond donors (Lipinski definition) is 2. The van der Waals surface area contributed by atoms with Crippen molar-refractivity contribution in [3.05, 3.63) is 65.2 Å². The van der Waals surface area contributed by atoms with Gasteiger partial charge in [-0.25, -0.2) is 0 Å². The molecule has 0 spiro atoms. The highest BCUT2D eigenvalue weighted by atomic mass is 35.5. The monoisotopic (exact) mass is 355 g/mol. The molecule has 3 N–H and O–H groups in total. The number of nitrogens with two attached hydrogens (primary N) is 1. The molecule has 0 unspecified atom stereocenters. The van der Waals surface area contributed by atoms with Gasteiger partial charge in [-0.3, -0.25) is 4.99 Å². The van der Waals surface area contributed by atoms with Crippen LogP contribution in [0.3, 0.4) is 0 Å². The van der Waals surface area contributed by atoms with Crippen molar-refractivity contribution in [3.8, 4) is 0 Å². The molecule has 0 aliphatic heterocycles. The molecular weight excluding hydrogens is 330 g/mol. The van der Waals surface area contributed by atoms with Gasteiger partial charge in [-0.2, -0.15) is 0 Å². The van der Waals surface area contributed by atoms with E-state index in [2.05, 4.69) is 40.6 Å². The average molecular weight is 356 g/mol. The van der Waals surface area contributed by atoms with Crippen LogP contribution in [0.4, 0.5) is 5.69 Å². The van der Waals surface area contributed by atoms with Crippen molar-refractivity contribution >= 4 is 23.2 Å². The molecule has 25 heavy (non-hydrogen) atoms. The Hall–Kier alpha value is -2.00. The van der Waals surface area contributed by atoms with Gasteiger partial charge >= 0.3 is 0 Å². The largest absolute Gasteiger partial charge is 0.370 e. The van der Waals surface area contributed by atoms with Gasteiger partial charge in [-0.15, -0.1) is 0 Å². The maximum atomic E-state index is 5.99. The number of guanidine groups is 1. The first-order valence-electron chi connectivity index (χ1n) is 9.06. The standard InChI is InChI=1S/C21H26ClN3/c22-18-9-11-19(12-10-18)25-20(23)24-16-6-15-21(13-4-5-14-21)17-7-2-1-3-8-17/h1-3,7-12H,4-6,13-16H2,(H3,23,24,25). The summed E-state index contributed by atoms with van der Waals surface area (Å²) in [5, 5.41) is 3.82. The van der Waals surface area contributed by atoms with E-state index in [0.29, 0.717) is 16.4 Å². The van der Waals surface area contributed by atoms with E-state index in [0.717, 1.165) is 18.7 Å². The smallest absolute Gasteiger partial charge is 0.193 e. The average Bonchev–Trinajstić information content (AvgIpc) is 3.12. The summed E-state index contributed by atoms with van der Waals surface area (Å²) < 4.78 is 0. The summed E-state index contributed by atoms with van der Waals surface area (Å²) >= 11 is 5.89. The van der Waals surface area contributed by atoms with Crippen LogP contribution < -0.4 is 11.1 Å². The van der Waals surface area contributed by atoms with Crippen LogP contribution in [-0.2, 0) is 5.41 Å². The fourth-order valence-electron chi connectivity index (χ4n) is 3.86. The Morgan fingerprint density at radius 1 is 1.04 bits per heavy atom. The van der Waals surface area contributed by atoms with Crippen LogP contribution in [0.15, 0.2) is 59.6 Å². The summed E-state index contributed by atoms with van der Waals surface area (Å²) in [6.45, 7) is 0.751. The third kappa shape index (κ3) is 4.76. The summed E-state index contributed by atoms with van der Waals surface area (Å²) in [4.78, 5) is 4.48. The molecule has 0 atom stereocenters. The van der Waals surface area contributed by atoms with Gasteiger partial charge in [0.2, 0.25) is 0 Å². The van der Waals surface area contributed by atoms with Crippen LogP contribution >= 0.6 is 11.6 Å². The molecule has 0 bridgehead atoms. The lowest BCUT2D eigenvalue weighted by atomic mass is 9.75. The molecule has 132 valence electrons. The molecule has 2 aromatic carbocycles. The third-order valence-electron chi connectivity index (χ3n) is 5.16. The van der Waals surface area contributed by atoms with E-state index in [4.69, 9.17) is 17.3 Å². The highest BCUT2D eigenvalue weighted by molar-refractivity contribution is 6.30. The minimum atomic E-state index is 0.342. The van der Waals surface area contributed by atoms with Crippen LogP contribution in [0, 0.1) is 0 Å². The summed E-state index contributed by atoms with van der Waals surface area (Å²) in [5.74, 6) is 0.461. The molecule has 0 aromatic heterocycles. The highest BCUT2D eigenvalue weighted by Crippen LogP contribution is 2.44. The minimum Gasteiger partial charge on any atom is -0.370 e. The van der Waals surface area contributed by atoms with Gasteiger partial charge in [0.15, 0.2) is 5.96 Å². The maximum Gasteiger partial charge on any atom is 0.193 e. The van der Waals surface area contributed by atoms with Crippen LogP contribution in [0.5, 0.6) is 0 Å². The normalized spacial score (nSPS) is 16.8. The number of rotatable bonds is 6. The van der Waals surface area contributed by atoms with Gasteiger partial charge < -0.3 is 11.1 Å². The zero-order valence-electron chi connectivity index (χ0n) is 14.5. The summed E-state index contributed by atoms with van der Waals surface area (Å²) in [5.41, 5.74) is 8.72. The molecular formula is C21H26ClN3. The van der Waals surface area contributed by atoms with Crippen molar-refractivity contribution in [1.82, 2.24) is 0 Å².